The number of carbonyl (C=O) groups is 1. The minimum Gasteiger partial charge on any atom is -0.492 e. The summed E-state index contributed by atoms with van der Waals surface area (Å²) in [5.41, 5.74) is 2.57. The second kappa shape index (κ2) is 7.93. The Morgan fingerprint density at radius 2 is 2.03 bits per heavy atom. The number of benzene rings is 3. The molecule has 4 aromatic rings. The first kappa shape index (κ1) is 19.0. The van der Waals surface area contributed by atoms with Crippen LogP contribution in [0, 0.1) is 5.82 Å². The van der Waals surface area contributed by atoms with Gasteiger partial charge in [0.2, 0.25) is 5.89 Å². The van der Waals surface area contributed by atoms with E-state index in [4.69, 9.17) is 20.8 Å². The standard InChI is InChI=1S/C22H16ClFN2O3/c1-2-28-19-8-6-13(11-17(19)23)21(27)25-16-7-9-20-18(12-16)26-22(29-20)14-4-3-5-15(24)10-14/h3-12H,2H2,1H3,(H,25,27). The molecule has 0 saturated carbocycles. The number of ether oxygens (including phenoxy) is 1. The SMILES string of the molecule is CCOc1ccc(C(=O)Nc2ccc3oc(-c4cccc(F)c4)nc3c2)cc1Cl. The van der Waals surface area contributed by atoms with Gasteiger partial charge in [-0.2, -0.15) is 0 Å². The van der Waals surface area contributed by atoms with Crippen LogP contribution in [0.1, 0.15) is 17.3 Å². The quantitative estimate of drug-likeness (QED) is 0.442. The van der Waals surface area contributed by atoms with Crippen molar-refractivity contribution in [2.45, 2.75) is 6.92 Å². The second-order valence-corrected chi connectivity index (χ2v) is 6.65. The number of hydrogen-bond donors (Lipinski definition) is 1. The Morgan fingerprint density at radius 3 is 2.79 bits per heavy atom. The first-order chi connectivity index (χ1) is 14.0. The van der Waals surface area contributed by atoms with Crippen molar-refractivity contribution >= 4 is 34.3 Å². The molecule has 0 bridgehead atoms. The molecule has 0 spiro atoms. The fourth-order valence-electron chi connectivity index (χ4n) is 2.87. The predicted octanol–water partition coefficient (Wildman–Crippen LogP) is 5.94. The third kappa shape index (κ3) is 4.07. The summed E-state index contributed by atoms with van der Waals surface area (Å²) in [5.74, 6) is 0.149. The van der Waals surface area contributed by atoms with E-state index in [2.05, 4.69) is 10.3 Å². The molecule has 5 nitrogen and oxygen atoms in total. The van der Waals surface area contributed by atoms with Crippen LogP contribution in [0.25, 0.3) is 22.6 Å². The number of carbonyl (C=O) groups excluding carboxylic acids is 1. The highest BCUT2D eigenvalue weighted by atomic mass is 35.5. The maximum absolute atomic E-state index is 13.4. The van der Waals surface area contributed by atoms with E-state index in [1.165, 1.54) is 12.1 Å². The number of fused-ring (bicyclic) bond motifs is 1. The first-order valence-electron chi connectivity index (χ1n) is 8.93. The Hall–Kier alpha value is -3.38. The van der Waals surface area contributed by atoms with Gasteiger partial charge in [0.05, 0.1) is 11.6 Å². The Kier molecular flexibility index (Phi) is 5.18. The van der Waals surface area contributed by atoms with Crippen molar-refractivity contribution in [3.05, 3.63) is 77.1 Å². The molecular weight excluding hydrogens is 395 g/mol. The summed E-state index contributed by atoms with van der Waals surface area (Å²) in [6.07, 6.45) is 0. The van der Waals surface area contributed by atoms with E-state index in [1.807, 2.05) is 6.92 Å². The number of hydrogen-bond acceptors (Lipinski definition) is 4. The Balaban J connectivity index is 1.57. The van der Waals surface area contributed by atoms with Crippen LogP contribution >= 0.6 is 11.6 Å². The van der Waals surface area contributed by atoms with Crippen molar-refractivity contribution in [2.75, 3.05) is 11.9 Å². The lowest BCUT2D eigenvalue weighted by atomic mass is 10.2. The zero-order valence-corrected chi connectivity index (χ0v) is 16.2. The molecule has 0 fully saturated rings. The predicted molar refractivity (Wildman–Crippen MR) is 110 cm³/mol. The highest BCUT2D eigenvalue weighted by Gasteiger charge is 2.13. The fraction of sp³-hybridized carbons (Fsp3) is 0.0909. The van der Waals surface area contributed by atoms with Gasteiger partial charge in [-0.25, -0.2) is 9.37 Å². The lowest BCUT2D eigenvalue weighted by molar-refractivity contribution is 0.102. The normalized spacial score (nSPS) is 10.9. The van der Waals surface area contributed by atoms with Crippen LogP contribution in [0.3, 0.4) is 0 Å². The van der Waals surface area contributed by atoms with Crippen molar-refractivity contribution in [1.82, 2.24) is 4.98 Å². The van der Waals surface area contributed by atoms with Crippen molar-refractivity contribution < 1.29 is 18.3 Å². The minimum absolute atomic E-state index is 0.307. The highest BCUT2D eigenvalue weighted by Crippen LogP contribution is 2.28. The van der Waals surface area contributed by atoms with E-state index in [0.717, 1.165) is 0 Å². The Labute approximate surface area is 171 Å². The monoisotopic (exact) mass is 410 g/mol. The zero-order valence-electron chi connectivity index (χ0n) is 15.4. The molecule has 1 aromatic heterocycles. The van der Waals surface area contributed by atoms with E-state index < -0.39 is 0 Å². The molecule has 0 saturated heterocycles. The number of halogens is 2. The van der Waals surface area contributed by atoms with Gasteiger partial charge in [-0.1, -0.05) is 17.7 Å². The summed E-state index contributed by atoms with van der Waals surface area (Å²) in [6.45, 7) is 2.34. The van der Waals surface area contributed by atoms with Crippen molar-refractivity contribution in [3.8, 4) is 17.2 Å². The van der Waals surface area contributed by atoms with E-state index >= 15 is 0 Å². The summed E-state index contributed by atoms with van der Waals surface area (Å²) < 4.78 is 24.5. The van der Waals surface area contributed by atoms with Crippen LogP contribution in [0.2, 0.25) is 5.02 Å². The van der Waals surface area contributed by atoms with Crippen LogP contribution in [0.4, 0.5) is 10.1 Å². The van der Waals surface area contributed by atoms with Gasteiger partial charge < -0.3 is 14.5 Å². The van der Waals surface area contributed by atoms with Crippen LogP contribution in [-0.4, -0.2) is 17.5 Å². The second-order valence-electron chi connectivity index (χ2n) is 6.24. The van der Waals surface area contributed by atoms with Gasteiger partial charge in [-0.05, 0) is 61.5 Å². The van der Waals surface area contributed by atoms with Gasteiger partial charge in [0.15, 0.2) is 5.58 Å². The molecule has 7 heteroatoms. The molecule has 146 valence electrons. The van der Waals surface area contributed by atoms with Crippen LogP contribution in [0.5, 0.6) is 5.75 Å². The zero-order chi connectivity index (χ0) is 20.4. The van der Waals surface area contributed by atoms with Gasteiger partial charge in [-0.15, -0.1) is 0 Å². The summed E-state index contributed by atoms with van der Waals surface area (Å²) in [4.78, 5) is 16.9. The number of nitrogens with one attached hydrogen (secondary N) is 1. The Bertz CT molecular complexity index is 1210. The molecule has 29 heavy (non-hydrogen) atoms. The average Bonchev–Trinajstić information content (AvgIpc) is 3.13. The molecule has 1 amide bonds. The molecule has 0 aliphatic rings. The van der Waals surface area contributed by atoms with Crippen LogP contribution < -0.4 is 10.1 Å². The van der Waals surface area contributed by atoms with Gasteiger partial charge in [0.25, 0.3) is 5.91 Å². The molecule has 1 N–H and O–H groups in total. The summed E-state index contributed by atoms with van der Waals surface area (Å²) in [6, 6.07) is 16.0. The maximum Gasteiger partial charge on any atom is 0.255 e. The van der Waals surface area contributed by atoms with E-state index in [0.29, 0.717) is 51.2 Å². The smallest absolute Gasteiger partial charge is 0.255 e. The molecule has 0 aliphatic heterocycles. The largest absolute Gasteiger partial charge is 0.492 e. The lowest BCUT2D eigenvalue weighted by Crippen LogP contribution is -2.11. The van der Waals surface area contributed by atoms with E-state index in [-0.39, 0.29) is 11.7 Å². The van der Waals surface area contributed by atoms with Crippen LogP contribution in [0.15, 0.2) is 65.1 Å². The summed E-state index contributed by atoms with van der Waals surface area (Å²) in [5, 5.41) is 3.17. The number of aromatic nitrogens is 1. The van der Waals surface area contributed by atoms with Crippen molar-refractivity contribution in [1.29, 1.82) is 0 Å². The van der Waals surface area contributed by atoms with Gasteiger partial charge in [-0.3, -0.25) is 4.79 Å². The van der Waals surface area contributed by atoms with Gasteiger partial charge >= 0.3 is 0 Å². The molecule has 0 unspecified atom stereocenters. The summed E-state index contributed by atoms with van der Waals surface area (Å²) >= 11 is 6.15. The molecule has 3 aromatic carbocycles. The number of rotatable bonds is 5. The number of amides is 1. The maximum atomic E-state index is 13.4. The lowest BCUT2D eigenvalue weighted by Gasteiger charge is -2.08. The van der Waals surface area contributed by atoms with Crippen molar-refractivity contribution in [3.63, 3.8) is 0 Å². The van der Waals surface area contributed by atoms with Crippen LogP contribution in [-0.2, 0) is 0 Å². The molecule has 4 rings (SSSR count). The Morgan fingerprint density at radius 1 is 1.17 bits per heavy atom. The fourth-order valence-corrected chi connectivity index (χ4v) is 3.10. The topological polar surface area (TPSA) is 64.4 Å². The third-order valence-electron chi connectivity index (χ3n) is 4.21. The van der Waals surface area contributed by atoms with E-state index in [1.54, 1.807) is 48.5 Å². The van der Waals surface area contributed by atoms with Gasteiger partial charge in [0.1, 0.15) is 17.1 Å². The van der Waals surface area contributed by atoms with E-state index in [9.17, 15) is 9.18 Å². The molecule has 0 aliphatic carbocycles. The van der Waals surface area contributed by atoms with Crippen molar-refractivity contribution in [2.24, 2.45) is 0 Å². The minimum atomic E-state index is -0.369. The molecular formula is C22H16ClFN2O3. The first-order valence-corrected chi connectivity index (χ1v) is 9.31. The average molecular weight is 411 g/mol. The number of nitrogens with zero attached hydrogens (tertiary/aromatic N) is 1. The highest BCUT2D eigenvalue weighted by molar-refractivity contribution is 6.32. The third-order valence-corrected chi connectivity index (χ3v) is 4.51. The number of oxazole rings is 1. The molecule has 1 heterocycles. The van der Waals surface area contributed by atoms with Gasteiger partial charge in [0, 0.05) is 16.8 Å². The molecule has 0 radical (unpaired) electrons. The molecule has 0 atom stereocenters. The number of anilines is 1. The summed E-state index contributed by atoms with van der Waals surface area (Å²) in [7, 11) is 0.